The molecule has 0 bridgehead atoms. The SMILES string of the molecule is COC(=O)C(CSC(c1ccccc1)(c1ccccc1)c1ccccc1)NCc1ccccc1. The Bertz CT molecular complexity index is 1050. The summed E-state index contributed by atoms with van der Waals surface area (Å²) in [5.41, 5.74) is 4.64. The summed E-state index contributed by atoms with van der Waals surface area (Å²) >= 11 is 1.75. The molecule has 0 saturated carbocycles. The first-order valence-corrected chi connectivity index (χ1v) is 12.4. The van der Waals surface area contributed by atoms with Gasteiger partial charge in [0.15, 0.2) is 0 Å². The van der Waals surface area contributed by atoms with E-state index < -0.39 is 10.8 Å². The van der Waals surface area contributed by atoms with Gasteiger partial charge in [0.2, 0.25) is 0 Å². The number of thioether (sulfide) groups is 1. The number of esters is 1. The van der Waals surface area contributed by atoms with Crippen LogP contribution >= 0.6 is 11.8 Å². The zero-order valence-corrected chi connectivity index (χ0v) is 20.1. The molecule has 0 aliphatic rings. The first-order chi connectivity index (χ1) is 16.7. The van der Waals surface area contributed by atoms with E-state index in [9.17, 15) is 4.79 Å². The molecule has 1 N–H and O–H groups in total. The van der Waals surface area contributed by atoms with Crippen molar-refractivity contribution in [3.63, 3.8) is 0 Å². The van der Waals surface area contributed by atoms with Crippen molar-refractivity contribution in [2.45, 2.75) is 17.3 Å². The predicted molar refractivity (Wildman–Crippen MR) is 141 cm³/mol. The number of ether oxygens (including phenoxy) is 1. The van der Waals surface area contributed by atoms with Gasteiger partial charge in [-0.15, -0.1) is 11.8 Å². The zero-order chi connectivity index (χ0) is 23.6. The largest absolute Gasteiger partial charge is 0.468 e. The minimum atomic E-state index is -0.482. The quantitative estimate of drug-likeness (QED) is 0.228. The highest BCUT2D eigenvalue weighted by Crippen LogP contribution is 2.48. The van der Waals surface area contributed by atoms with Crippen LogP contribution in [0.1, 0.15) is 22.3 Å². The molecule has 0 fully saturated rings. The van der Waals surface area contributed by atoms with Crippen LogP contribution in [0.3, 0.4) is 0 Å². The monoisotopic (exact) mass is 467 g/mol. The number of rotatable bonds is 10. The lowest BCUT2D eigenvalue weighted by Gasteiger charge is -2.36. The fourth-order valence-corrected chi connectivity index (χ4v) is 5.75. The van der Waals surface area contributed by atoms with Crippen molar-refractivity contribution in [3.8, 4) is 0 Å². The maximum atomic E-state index is 12.8. The highest BCUT2D eigenvalue weighted by Gasteiger charge is 2.38. The molecular weight excluding hydrogens is 438 g/mol. The molecule has 0 aromatic heterocycles. The number of carbonyl (C=O) groups is 1. The Morgan fingerprint density at radius 1 is 0.735 bits per heavy atom. The molecule has 4 rings (SSSR count). The van der Waals surface area contributed by atoms with Crippen molar-refractivity contribution in [2.75, 3.05) is 12.9 Å². The maximum Gasteiger partial charge on any atom is 0.323 e. The second-order valence-corrected chi connectivity index (χ2v) is 9.27. The molecule has 0 heterocycles. The van der Waals surface area contributed by atoms with Crippen LogP contribution < -0.4 is 5.32 Å². The van der Waals surface area contributed by atoms with Gasteiger partial charge in [0.1, 0.15) is 6.04 Å². The molecular formula is C30H29NO2S. The second kappa shape index (κ2) is 11.7. The minimum absolute atomic E-state index is 0.258. The molecule has 4 aromatic rings. The van der Waals surface area contributed by atoms with E-state index in [4.69, 9.17) is 4.74 Å². The Morgan fingerprint density at radius 3 is 1.56 bits per heavy atom. The molecule has 0 aliphatic heterocycles. The van der Waals surface area contributed by atoms with E-state index in [2.05, 4.69) is 90.2 Å². The van der Waals surface area contributed by atoms with E-state index in [1.54, 1.807) is 11.8 Å². The average Bonchev–Trinajstić information content (AvgIpc) is 2.92. The highest BCUT2D eigenvalue weighted by molar-refractivity contribution is 8.00. The van der Waals surface area contributed by atoms with E-state index in [1.807, 2.05) is 36.4 Å². The van der Waals surface area contributed by atoms with Gasteiger partial charge in [-0.05, 0) is 22.3 Å². The van der Waals surface area contributed by atoms with Crippen molar-refractivity contribution >= 4 is 17.7 Å². The maximum absolute atomic E-state index is 12.8. The summed E-state index contributed by atoms with van der Waals surface area (Å²) < 4.78 is 4.69. The summed E-state index contributed by atoms with van der Waals surface area (Å²) in [6.07, 6.45) is 0. The third-order valence-electron chi connectivity index (χ3n) is 5.89. The molecule has 4 heteroatoms. The van der Waals surface area contributed by atoms with Crippen LogP contribution in [-0.2, 0) is 20.8 Å². The number of nitrogens with one attached hydrogen (secondary N) is 1. The van der Waals surface area contributed by atoms with Gasteiger partial charge in [-0.25, -0.2) is 0 Å². The summed E-state index contributed by atoms with van der Waals surface area (Å²) in [6.45, 7) is 0.593. The predicted octanol–water partition coefficient (Wildman–Crippen LogP) is 6.04. The van der Waals surface area contributed by atoms with Crippen molar-refractivity contribution in [1.29, 1.82) is 0 Å². The fraction of sp³-hybridized carbons (Fsp3) is 0.167. The van der Waals surface area contributed by atoms with E-state index in [0.717, 1.165) is 5.56 Å². The number of hydrogen-bond donors (Lipinski definition) is 1. The third-order valence-corrected chi connectivity index (χ3v) is 7.53. The van der Waals surface area contributed by atoms with Crippen LogP contribution in [0.5, 0.6) is 0 Å². The molecule has 172 valence electrons. The van der Waals surface area contributed by atoms with Gasteiger partial charge in [0, 0.05) is 12.3 Å². The number of carbonyl (C=O) groups excluding carboxylic acids is 1. The normalized spacial score (nSPS) is 12.1. The topological polar surface area (TPSA) is 38.3 Å². The lowest BCUT2D eigenvalue weighted by molar-refractivity contribution is -0.142. The van der Waals surface area contributed by atoms with Crippen LogP contribution in [-0.4, -0.2) is 24.9 Å². The molecule has 0 aliphatic carbocycles. The Kier molecular flexibility index (Phi) is 8.18. The zero-order valence-electron chi connectivity index (χ0n) is 19.3. The Labute approximate surface area is 206 Å². The lowest BCUT2D eigenvalue weighted by atomic mass is 9.84. The van der Waals surface area contributed by atoms with Gasteiger partial charge in [0.05, 0.1) is 11.9 Å². The van der Waals surface area contributed by atoms with Crippen molar-refractivity contribution in [2.24, 2.45) is 0 Å². The van der Waals surface area contributed by atoms with Gasteiger partial charge in [-0.3, -0.25) is 10.1 Å². The van der Waals surface area contributed by atoms with E-state index in [0.29, 0.717) is 12.3 Å². The first kappa shape index (κ1) is 23.8. The van der Waals surface area contributed by atoms with Crippen LogP contribution in [0, 0.1) is 0 Å². The van der Waals surface area contributed by atoms with E-state index in [1.165, 1.54) is 23.8 Å². The summed E-state index contributed by atoms with van der Waals surface area (Å²) in [7, 11) is 1.45. The molecule has 0 spiro atoms. The summed E-state index contributed by atoms with van der Waals surface area (Å²) in [5, 5.41) is 3.42. The van der Waals surface area contributed by atoms with Crippen molar-refractivity contribution in [1.82, 2.24) is 5.32 Å². The van der Waals surface area contributed by atoms with E-state index in [-0.39, 0.29) is 5.97 Å². The summed E-state index contributed by atoms with van der Waals surface area (Å²) in [5.74, 6) is 0.282. The highest BCUT2D eigenvalue weighted by atomic mass is 32.2. The van der Waals surface area contributed by atoms with Crippen LogP contribution in [0.4, 0.5) is 0 Å². The summed E-state index contributed by atoms with van der Waals surface area (Å²) in [4.78, 5) is 12.8. The van der Waals surface area contributed by atoms with E-state index >= 15 is 0 Å². The van der Waals surface area contributed by atoms with Crippen LogP contribution in [0.15, 0.2) is 121 Å². The van der Waals surface area contributed by atoms with Gasteiger partial charge in [-0.2, -0.15) is 0 Å². The van der Waals surface area contributed by atoms with Gasteiger partial charge < -0.3 is 4.74 Å². The molecule has 0 saturated heterocycles. The number of benzene rings is 4. The fourth-order valence-electron chi connectivity index (χ4n) is 4.17. The summed E-state index contributed by atoms with van der Waals surface area (Å²) in [6, 6.07) is 41.2. The van der Waals surface area contributed by atoms with Gasteiger partial charge in [-0.1, -0.05) is 121 Å². The smallest absolute Gasteiger partial charge is 0.323 e. The Balaban J connectivity index is 1.72. The molecule has 34 heavy (non-hydrogen) atoms. The van der Waals surface area contributed by atoms with Gasteiger partial charge in [0.25, 0.3) is 0 Å². The standard InChI is InChI=1S/C30H29NO2S/c1-33-29(32)28(31-22-24-14-6-2-7-15-24)23-34-30(25-16-8-3-9-17-25,26-18-10-4-11-19-26)27-20-12-5-13-21-27/h2-21,28,31H,22-23H2,1H3. The Morgan fingerprint density at radius 2 is 1.15 bits per heavy atom. The molecule has 1 unspecified atom stereocenters. The van der Waals surface area contributed by atoms with Gasteiger partial charge >= 0.3 is 5.97 Å². The molecule has 0 radical (unpaired) electrons. The molecule has 3 nitrogen and oxygen atoms in total. The average molecular weight is 468 g/mol. The van der Waals surface area contributed by atoms with Crippen LogP contribution in [0.25, 0.3) is 0 Å². The second-order valence-electron chi connectivity index (χ2n) is 8.03. The first-order valence-electron chi connectivity index (χ1n) is 11.4. The minimum Gasteiger partial charge on any atom is -0.468 e. The van der Waals surface area contributed by atoms with Crippen molar-refractivity contribution < 1.29 is 9.53 Å². The molecule has 0 amide bonds. The van der Waals surface area contributed by atoms with Crippen LogP contribution in [0.2, 0.25) is 0 Å². The third kappa shape index (κ3) is 5.41. The molecule has 4 aromatic carbocycles. The number of methoxy groups -OCH3 is 1. The Hall–Kier alpha value is -3.34. The number of hydrogen-bond acceptors (Lipinski definition) is 4. The lowest BCUT2D eigenvalue weighted by Crippen LogP contribution is -2.41. The van der Waals surface area contributed by atoms with Crippen molar-refractivity contribution in [3.05, 3.63) is 144 Å². The molecule has 1 atom stereocenters.